The molecule has 0 atom stereocenters. The van der Waals surface area contributed by atoms with Crippen LogP contribution in [0.2, 0.25) is 0 Å². The van der Waals surface area contributed by atoms with Crippen LogP contribution in [-0.2, 0) is 9.47 Å². The molecule has 0 amide bonds. The van der Waals surface area contributed by atoms with Gasteiger partial charge < -0.3 is 19.7 Å². The second kappa shape index (κ2) is 7.17. The van der Waals surface area contributed by atoms with Gasteiger partial charge in [-0.25, -0.2) is 0 Å². The Bertz CT molecular complexity index is 134. The van der Waals surface area contributed by atoms with Gasteiger partial charge in [-0.15, -0.1) is 0 Å². The summed E-state index contributed by atoms with van der Waals surface area (Å²) >= 11 is 0. The smallest absolute Gasteiger partial charge is 0.153 e. The van der Waals surface area contributed by atoms with E-state index in [1.165, 1.54) is 0 Å². The van der Waals surface area contributed by atoms with Gasteiger partial charge >= 0.3 is 0 Å². The van der Waals surface area contributed by atoms with Crippen LogP contribution in [-0.4, -0.2) is 41.9 Å². The van der Waals surface area contributed by atoms with Crippen LogP contribution in [0.5, 0.6) is 0 Å². The largest absolute Gasteiger partial charge is 0.381 e. The minimum absolute atomic E-state index is 0.160. The topological polar surface area (TPSA) is 58.9 Å². The Morgan fingerprint density at radius 2 is 1.86 bits per heavy atom. The van der Waals surface area contributed by atoms with Crippen molar-refractivity contribution in [3.8, 4) is 0 Å². The van der Waals surface area contributed by atoms with Crippen LogP contribution >= 0.6 is 0 Å². The number of aliphatic hydroxyl groups excluding tert-OH is 1. The highest BCUT2D eigenvalue weighted by atomic mass is 16.5. The average Bonchev–Trinajstić information content (AvgIpc) is 2.02. The van der Waals surface area contributed by atoms with Crippen LogP contribution < -0.4 is 0 Å². The average molecular weight is 206 g/mol. The van der Waals surface area contributed by atoms with Gasteiger partial charge in [-0.2, -0.15) is 0 Å². The molecule has 0 radical (unpaired) electrons. The fourth-order valence-electron chi connectivity index (χ4n) is 1.07. The van der Waals surface area contributed by atoms with Crippen LogP contribution in [0.25, 0.3) is 0 Å². The third kappa shape index (κ3) is 8.44. The molecule has 0 spiro atoms. The normalized spacial score (nSPS) is 12.4. The molecule has 0 aromatic heterocycles. The van der Waals surface area contributed by atoms with E-state index in [1.807, 2.05) is 20.8 Å². The Morgan fingerprint density at radius 1 is 1.21 bits per heavy atom. The summed E-state index contributed by atoms with van der Waals surface area (Å²) < 4.78 is 10.7. The van der Waals surface area contributed by atoms with Crippen LogP contribution in [0, 0.1) is 0 Å². The van der Waals surface area contributed by atoms with Crippen molar-refractivity contribution < 1.29 is 19.7 Å². The molecule has 0 bridgehead atoms. The zero-order valence-electron chi connectivity index (χ0n) is 9.32. The minimum atomic E-state index is -1.27. The molecule has 14 heavy (non-hydrogen) atoms. The maximum absolute atomic E-state index is 8.55. The molecule has 0 fully saturated rings. The highest BCUT2D eigenvalue weighted by molar-refractivity contribution is 4.67. The molecule has 2 N–H and O–H groups in total. The van der Waals surface area contributed by atoms with Crippen LogP contribution in [0.1, 0.15) is 33.6 Å². The summed E-state index contributed by atoms with van der Waals surface area (Å²) in [6.45, 7) is 7.65. The van der Waals surface area contributed by atoms with E-state index >= 15 is 0 Å². The maximum Gasteiger partial charge on any atom is 0.153 e. The van der Waals surface area contributed by atoms with E-state index in [0.717, 1.165) is 6.42 Å². The van der Waals surface area contributed by atoms with Gasteiger partial charge in [-0.3, -0.25) is 0 Å². The zero-order chi connectivity index (χ0) is 11.0. The van der Waals surface area contributed by atoms with Gasteiger partial charge in [0.25, 0.3) is 0 Å². The van der Waals surface area contributed by atoms with Crippen molar-refractivity contribution in [3.05, 3.63) is 0 Å². The van der Waals surface area contributed by atoms with Gasteiger partial charge in [-0.05, 0) is 27.2 Å². The van der Waals surface area contributed by atoms with Crippen molar-refractivity contribution in [1.82, 2.24) is 0 Å². The lowest BCUT2D eigenvalue weighted by Crippen LogP contribution is -2.26. The third-order valence-electron chi connectivity index (χ3n) is 1.90. The van der Waals surface area contributed by atoms with E-state index in [0.29, 0.717) is 19.8 Å². The molecule has 0 saturated heterocycles. The molecule has 0 unspecified atom stereocenters. The predicted octanol–water partition coefficient (Wildman–Crippen LogP) is 0.909. The van der Waals surface area contributed by atoms with E-state index in [-0.39, 0.29) is 12.0 Å². The van der Waals surface area contributed by atoms with Gasteiger partial charge in [0.1, 0.15) is 0 Å². The van der Waals surface area contributed by atoms with Gasteiger partial charge in [0, 0.05) is 19.6 Å². The van der Waals surface area contributed by atoms with E-state index in [4.69, 9.17) is 19.7 Å². The first-order valence-electron chi connectivity index (χ1n) is 5.06. The number of ether oxygens (including phenoxy) is 2. The summed E-state index contributed by atoms with van der Waals surface area (Å²) in [5, 5.41) is 17.1. The van der Waals surface area contributed by atoms with E-state index < -0.39 is 6.29 Å². The first-order chi connectivity index (χ1) is 6.48. The van der Waals surface area contributed by atoms with Crippen LogP contribution in [0.3, 0.4) is 0 Å². The van der Waals surface area contributed by atoms with Crippen molar-refractivity contribution in [2.45, 2.75) is 45.5 Å². The monoisotopic (exact) mass is 206 g/mol. The molecular formula is C10H22O4. The summed E-state index contributed by atoms with van der Waals surface area (Å²) in [6.07, 6.45) is -0.202. The van der Waals surface area contributed by atoms with Crippen LogP contribution in [0.15, 0.2) is 0 Å². The summed E-state index contributed by atoms with van der Waals surface area (Å²) in [7, 11) is 0. The van der Waals surface area contributed by atoms with E-state index in [9.17, 15) is 0 Å². The Labute approximate surface area is 85.8 Å². The zero-order valence-corrected chi connectivity index (χ0v) is 9.32. The van der Waals surface area contributed by atoms with E-state index in [1.54, 1.807) is 0 Å². The molecular weight excluding hydrogens is 184 g/mol. The highest BCUT2D eigenvalue weighted by Crippen LogP contribution is 2.13. The first kappa shape index (κ1) is 13.8. The predicted molar refractivity (Wildman–Crippen MR) is 54.0 cm³/mol. The summed E-state index contributed by atoms with van der Waals surface area (Å²) in [5.41, 5.74) is -0.160. The van der Waals surface area contributed by atoms with Crippen LogP contribution in [0.4, 0.5) is 0 Å². The molecule has 0 aromatic rings. The third-order valence-corrected chi connectivity index (χ3v) is 1.90. The van der Waals surface area contributed by atoms with Crippen molar-refractivity contribution in [2.75, 3.05) is 19.8 Å². The lowest BCUT2D eigenvalue weighted by molar-refractivity contribution is -0.0687. The Kier molecular flexibility index (Phi) is 7.09. The Hall–Kier alpha value is -0.160. The number of aliphatic hydroxyl groups is 2. The minimum Gasteiger partial charge on any atom is -0.381 e. The Balaban J connectivity index is 3.34. The number of hydrogen-bond acceptors (Lipinski definition) is 4. The molecule has 0 aliphatic carbocycles. The van der Waals surface area contributed by atoms with Crippen molar-refractivity contribution in [1.29, 1.82) is 0 Å². The molecule has 4 heteroatoms. The summed E-state index contributed by atoms with van der Waals surface area (Å²) in [6, 6.07) is 0. The number of rotatable bonds is 8. The van der Waals surface area contributed by atoms with Crippen molar-refractivity contribution in [2.24, 2.45) is 0 Å². The first-order valence-corrected chi connectivity index (χ1v) is 5.06. The molecule has 0 rings (SSSR count). The summed E-state index contributed by atoms with van der Waals surface area (Å²) in [5.74, 6) is 0. The lowest BCUT2D eigenvalue weighted by atomic mass is 10.1. The highest BCUT2D eigenvalue weighted by Gasteiger charge is 2.16. The van der Waals surface area contributed by atoms with Crippen molar-refractivity contribution in [3.63, 3.8) is 0 Å². The molecule has 0 saturated carbocycles. The molecule has 0 heterocycles. The number of hydrogen-bond donors (Lipinski definition) is 2. The van der Waals surface area contributed by atoms with E-state index in [2.05, 4.69) is 0 Å². The molecule has 0 aliphatic rings. The summed E-state index contributed by atoms with van der Waals surface area (Å²) in [4.78, 5) is 0. The quantitative estimate of drug-likeness (QED) is 0.458. The fourth-order valence-corrected chi connectivity index (χ4v) is 1.07. The standard InChI is InChI=1S/C10H22O4/c1-4-14-10(2,3)6-8-13-7-5-9(11)12/h9,11-12H,4-8H2,1-3H3. The van der Waals surface area contributed by atoms with Crippen molar-refractivity contribution >= 4 is 0 Å². The van der Waals surface area contributed by atoms with Gasteiger partial charge in [0.15, 0.2) is 6.29 Å². The second-order valence-corrected chi connectivity index (χ2v) is 3.82. The molecule has 4 nitrogen and oxygen atoms in total. The Morgan fingerprint density at radius 3 is 2.36 bits per heavy atom. The van der Waals surface area contributed by atoms with Gasteiger partial charge in [0.2, 0.25) is 0 Å². The maximum atomic E-state index is 8.55. The van der Waals surface area contributed by atoms with Gasteiger partial charge in [-0.1, -0.05) is 0 Å². The molecule has 86 valence electrons. The lowest BCUT2D eigenvalue weighted by Gasteiger charge is -2.24. The van der Waals surface area contributed by atoms with Gasteiger partial charge in [0.05, 0.1) is 12.2 Å². The SMILES string of the molecule is CCOC(C)(C)CCOCCC(O)O. The molecule has 0 aromatic carbocycles. The molecule has 0 aliphatic heterocycles. The fraction of sp³-hybridized carbons (Fsp3) is 1.00. The second-order valence-electron chi connectivity index (χ2n) is 3.82.